The van der Waals surface area contributed by atoms with Gasteiger partial charge in [0.2, 0.25) is 5.88 Å². The first-order valence-electron chi connectivity index (χ1n) is 6.95. The first-order chi connectivity index (χ1) is 9.43. The lowest BCUT2D eigenvalue weighted by atomic mass is 9.84. The summed E-state index contributed by atoms with van der Waals surface area (Å²) in [4.78, 5) is 13.7. The number of aryl methyl sites for hydroxylation is 2. The number of carboxylic acid groups (broad SMARTS) is 1. The summed E-state index contributed by atoms with van der Waals surface area (Å²) in [6, 6.07) is 0. The van der Waals surface area contributed by atoms with Crippen molar-refractivity contribution in [1.82, 2.24) is 14.7 Å². The van der Waals surface area contributed by atoms with Gasteiger partial charge in [-0.05, 0) is 26.3 Å². The van der Waals surface area contributed by atoms with Crippen molar-refractivity contribution in [2.24, 2.45) is 12.5 Å². The van der Waals surface area contributed by atoms with Gasteiger partial charge in [0.1, 0.15) is 0 Å². The van der Waals surface area contributed by atoms with Gasteiger partial charge in [-0.1, -0.05) is 6.92 Å². The number of nitrogens with zero attached hydrogens (tertiary/aromatic N) is 3. The zero-order valence-corrected chi connectivity index (χ0v) is 12.6. The normalized spacial score (nSPS) is 23.2. The minimum atomic E-state index is -0.683. The van der Waals surface area contributed by atoms with Crippen LogP contribution >= 0.6 is 0 Å². The van der Waals surface area contributed by atoms with Crippen LogP contribution in [-0.4, -0.2) is 46.0 Å². The summed E-state index contributed by atoms with van der Waals surface area (Å²) < 4.78 is 7.12. The molecular formula is C14H23N3O3. The summed E-state index contributed by atoms with van der Waals surface area (Å²) in [5.74, 6) is 0.0733. The Kier molecular flexibility index (Phi) is 4.04. The average molecular weight is 281 g/mol. The second-order valence-corrected chi connectivity index (χ2v) is 5.60. The molecule has 0 aliphatic carbocycles. The number of rotatable bonds is 5. The van der Waals surface area contributed by atoms with Gasteiger partial charge in [0, 0.05) is 20.1 Å². The monoisotopic (exact) mass is 281 g/mol. The molecule has 20 heavy (non-hydrogen) atoms. The van der Waals surface area contributed by atoms with Gasteiger partial charge in [-0.25, -0.2) is 4.68 Å². The minimum Gasteiger partial charge on any atom is -0.481 e. The number of ether oxygens (including phenoxy) is 1. The molecule has 1 aromatic heterocycles. The van der Waals surface area contributed by atoms with Gasteiger partial charge in [-0.3, -0.25) is 9.69 Å². The second-order valence-electron chi connectivity index (χ2n) is 5.60. The Morgan fingerprint density at radius 1 is 1.55 bits per heavy atom. The van der Waals surface area contributed by atoms with E-state index in [1.54, 1.807) is 11.8 Å². The van der Waals surface area contributed by atoms with Crippen molar-refractivity contribution in [3.63, 3.8) is 0 Å². The van der Waals surface area contributed by atoms with Crippen molar-refractivity contribution in [3.05, 3.63) is 11.3 Å². The maximum absolute atomic E-state index is 11.5. The highest BCUT2D eigenvalue weighted by Crippen LogP contribution is 2.36. The van der Waals surface area contributed by atoms with Crippen LogP contribution < -0.4 is 4.74 Å². The van der Waals surface area contributed by atoms with E-state index in [0.29, 0.717) is 25.9 Å². The van der Waals surface area contributed by atoms with Crippen LogP contribution in [0.5, 0.6) is 5.88 Å². The number of methoxy groups -OCH3 is 1. The van der Waals surface area contributed by atoms with E-state index >= 15 is 0 Å². The van der Waals surface area contributed by atoms with Gasteiger partial charge in [0.05, 0.1) is 23.8 Å². The summed E-state index contributed by atoms with van der Waals surface area (Å²) in [6.45, 7) is 6.00. The molecule has 1 saturated heterocycles. The summed E-state index contributed by atoms with van der Waals surface area (Å²) in [6.07, 6.45) is 1.38. The van der Waals surface area contributed by atoms with E-state index in [2.05, 4.69) is 10.00 Å². The summed E-state index contributed by atoms with van der Waals surface area (Å²) in [5.41, 5.74) is 1.39. The standard InChI is InChI=1S/C14H23N3O3/c1-5-14(13(18)19)6-7-17(9-14)8-11-10(2)15-16(3)12(11)20-4/h5-9H2,1-4H3,(H,18,19). The van der Waals surface area contributed by atoms with Crippen LogP contribution in [0, 0.1) is 12.3 Å². The zero-order valence-electron chi connectivity index (χ0n) is 12.6. The third-order valence-electron chi connectivity index (χ3n) is 4.43. The molecule has 1 atom stereocenters. The minimum absolute atomic E-state index is 0.594. The van der Waals surface area contributed by atoms with Crippen molar-refractivity contribution in [2.45, 2.75) is 33.2 Å². The van der Waals surface area contributed by atoms with Gasteiger partial charge >= 0.3 is 5.97 Å². The molecule has 0 bridgehead atoms. The lowest BCUT2D eigenvalue weighted by molar-refractivity contribution is -0.148. The van der Waals surface area contributed by atoms with E-state index in [0.717, 1.165) is 23.7 Å². The number of carboxylic acids is 1. The molecular weight excluding hydrogens is 258 g/mol. The van der Waals surface area contributed by atoms with Crippen LogP contribution in [0.15, 0.2) is 0 Å². The molecule has 1 aliphatic heterocycles. The molecule has 0 amide bonds. The predicted octanol–water partition coefficient (Wildman–Crippen LogP) is 1.42. The summed E-state index contributed by atoms with van der Waals surface area (Å²) >= 11 is 0. The van der Waals surface area contributed by atoms with Crippen LogP contribution in [0.4, 0.5) is 0 Å². The molecule has 0 saturated carbocycles. The van der Waals surface area contributed by atoms with Crippen LogP contribution in [0.3, 0.4) is 0 Å². The Balaban J connectivity index is 2.15. The van der Waals surface area contributed by atoms with Crippen LogP contribution in [-0.2, 0) is 18.4 Å². The molecule has 0 aromatic carbocycles. The van der Waals surface area contributed by atoms with E-state index in [1.165, 1.54) is 0 Å². The number of hydrogen-bond donors (Lipinski definition) is 1. The number of likely N-dealkylation sites (tertiary alicyclic amines) is 1. The van der Waals surface area contributed by atoms with Crippen LogP contribution in [0.1, 0.15) is 31.0 Å². The Morgan fingerprint density at radius 3 is 2.75 bits per heavy atom. The summed E-state index contributed by atoms with van der Waals surface area (Å²) in [7, 11) is 3.49. The first-order valence-corrected chi connectivity index (χ1v) is 6.95. The SMILES string of the molecule is CCC1(C(=O)O)CCN(Cc2c(C)nn(C)c2OC)C1. The molecule has 1 N–H and O–H groups in total. The lowest BCUT2D eigenvalue weighted by Crippen LogP contribution is -2.34. The zero-order chi connectivity index (χ0) is 14.9. The van der Waals surface area contributed by atoms with E-state index in [9.17, 15) is 9.90 Å². The smallest absolute Gasteiger partial charge is 0.310 e. The highest BCUT2D eigenvalue weighted by Gasteiger charge is 2.43. The van der Waals surface area contributed by atoms with Crippen molar-refractivity contribution in [3.8, 4) is 5.88 Å². The van der Waals surface area contributed by atoms with Gasteiger partial charge in [-0.15, -0.1) is 0 Å². The fourth-order valence-corrected chi connectivity index (χ4v) is 3.05. The van der Waals surface area contributed by atoms with Crippen LogP contribution in [0.25, 0.3) is 0 Å². The fourth-order valence-electron chi connectivity index (χ4n) is 3.05. The lowest BCUT2D eigenvalue weighted by Gasteiger charge is -2.23. The molecule has 1 unspecified atom stereocenters. The van der Waals surface area contributed by atoms with Crippen LogP contribution in [0.2, 0.25) is 0 Å². The molecule has 2 rings (SSSR count). The Hall–Kier alpha value is -1.56. The van der Waals surface area contributed by atoms with Gasteiger partial charge in [0.25, 0.3) is 0 Å². The first kappa shape index (κ1) is 14.8. The molecule has 1 aromatic rings. The fraction of sp³-hybridized carbons (Fsp3) is 0.714. The molecule has 1 aliphatic rings. The van der Waals surface area contributed by atoms with Crippen molar-refractivity contribution in [1.29, 1.82) is 0 Å². The maximum atomic E-state index is 11.5. The third-order valence-corrected chi connectivity index (χ3v) is 4.43. The largest absolute Gasteiger partial charge is 0.481 e. The number of aliphatic carboxylic acids is 1. The predicted molar refractivity (Wildman–Crippen MR) is 74.8 cm³/mol. The molecule has 112 valence electrons. The van der Waals surface area contributed by atoms with Crippen molar-refractivity contribution < 1.29 is 14.6 Å². The Bertz CT molecular complexity index is 512. The van der Waals surface area contributed by atoms with E-state index in [-0.39, 0.29) is 0 Å². The molecule has 6 heteroatoms. The van der Waals surface area contributed by atoms with Gasteiger partial charge in [-0.2, -0.15) is 5.10 Å². The Morgan fingerprint density at radius 2 is 2.25 bits per heavy atom. The third kappa shape index (κ3) is 2.40. The van der Waals surface area contributed by atoms with Crippen molar-refractivity contribution in [2.75, 3.05) is 20.2 Å². The molecule has 0 radical (unpaired) electrons. The van der Waals surface area contributed by atoms with E-state index in [4.69, 9.17) is 4.74 Å². The maximum Gasteiger partial charge on any atom is 0.310 e. The van der Waals surface area contributed by atoms with Crippen molar-refractivity contribution >= 4 is 5.97 Å². The highest BCUT2D eigenvalue weighted by molar-refractivity contribution is 5.75. The molecule has 2 heterocycles. The van der Waals surface area contributed by atoms with E-state index < -0.39 is 11.4 Å². The second kappa shape index (κ2) is 5.44. The number of aromatic nitrogens is 2. The molecule has 0 spiro atoms. The average Bonchev–Trinajstić information content (AvgIpc) is 2.93. The van der Waals surface area contributed by atoms with Gasteiger partial charge in [0.15, 0.2) is 0 Å². The number of hydrogen-bond acceptors (Lipinski definition) is 4. The quantitative estimate of drug-likeness (QED) is 0.884. The van der Waals surface area contributed by atoms with Gasteiger partial charge < -0.3 is 9.84 Å². The molecule has 6 nitrogen and oxygen atoms in total. The number of carbonyl (C=O) groups is 1. The van der Waals surface area contributed by atoms with E-state index in [1.807, 2.05) is 20.9 Å². The molecule has 1 fully saturated rings. The summed E-state index contributed by atoms with van der Waals surface area (Å²) in [5, 5.41) is 13.8. The Labute approximate surface area is 119 Å². The topological polar surface area (TPSA) is 67.6 Å². The highest BCUT2D eigenvalue weighted by atomic mass is 16.5.